The maximum absolute atomic E-state index is 11.2. The Hall–Kier alpha value is -0.660. The van der Waals surface area contributed by atoms with E-state index in [9.17, 15) is 13.2 Å². The van der Waals surface area contributed by atoms with Crippen molar-refractivity contribution < 1.29 is 27.1 Å². The van der Waals surface area contributed by atoms with Crippen LogP contribution in [-0.4, -0.2) is 30.2 Å². The molecule has 6 nitrogen and oxygen atoms in total. The molecule has 0 spiro atoms. The molecule has 4 rings (SSSR count). The third-order valence-corrected chi connectivity index (χ3v) is 10.5. The van der Waals surface area contributed by atoms with Crippen molar-refractivity contribution in [3.63, 3.8) is 0 Å². The molecule has 0 aromatic carbocycles. The molecule has 4 aliphatic carbocycles. The summed E-state index contributed by atoms with van der Waals surface area (Å²) in [5, 5.41) is 9.00. The zero-order valence-electron chi connectivity index (χ0n) is 18.4. The summed E-state index contributed by atoms with van der Waals surface area (Å²) < 4.78 is 36.4. The molecule has 0 amide bonds. The highest BCUT2D eigenvalue weighted by atomic mass is 32.3. The van der Waals surface area contributed by atoms with E-state index in [2.05, 4.69) is 13.8 Å². The van der Waals surface area contributed by atoms with E-state index < -0.39 is 16.4 Å². The van der Waals surface area contributed by atoms with Crippen LogP contribution in [0.2, 0.25) is 0 Å². The van der Waals surface area contributed by atoms with Crippen LogP contribution >= 0.6 is 0 Å². The first-order chi connectivity index (χ1) is 14.0. The van der Waals surface area contributed by atoms with Crippen LogP contribution in [0.3, 0.4) is 0 Å². The number of carbonyl (C=O) groups is 1. The first kappa shape index (κ1) is 22.5. The third-order valence-electron chi connectivity index (χ3n) is 10.0. The van der Waals surface area contributed by atoms with Gasteiger partial charge in [0.15, 0.2) is 0 Å². The van der Waals surface area contributed by atoms with Gasteiger partial charge < -0.3 is 5.11 Å². The zero-order valence-corrected chi connectivity index (χ0v) is 19.2. The van der Waals surface area contributed by atoms with E-state index in [0.717, 1.165) is 43.9 Å². The lowest BCUT2D eigenvalue weighted by Gasteiger charge is -2.61. The number of carboxylic acids is 1. The van der Waals surface area contributed by atoms with E-state index in [1.165, 1.54) is 32.1 Å². The average Bonchev–Trinajstić information content (AvgIpc) is 2.97. The number of fused-ring (bicyclic) bond motifs is 5. The van der Waals surface area contributed by atoms with Crippen LogP contribution in [0.25, 0.3) is 0 Å². The molecule has 0 aromatic rings. The van der Waals surface area contributed by atoms with Crippen molar-refractivity contribution in [2.45, 2.75) is 97.0 Å². The Labute approximate surface area is 181 Å². The molecule has 0 aliphatic heterocycles. The number of hydrogen-bond acceptors (Lipinski definition) is 4. The van der Waals surface area contributed by atoms with Gasteiger partial charge in [-0.05, 0) is 111 Å². The highest BCUT2D eigenvalue weighted by Crippen LogP contribution is 2.68. The molecule has 2 N–H and O–H groups in total. The van der Waals surface area contributed by atoms with E-state index in [4.69, 9.17) is 13.8 Å². The van der Waals surface area contributed by atoms with Crippen molar-refractivity contribution in [1.82, 2.24) is 0 Å². The number of aliphatic carboxylic acids is 1. The first-order valence-corrected chi connectivity index (χ1v) is 13.3. The van der Waals surface area contributed by atoms with Crippen LogP contribution in [0.5, 0.6) is 0 Å². The van der Waals surface area contributed by atoms with Crippen molar-refractivity contribution in [2.75, 3.05) is 0 Å². The van der Waals surface area contributed by atoms with E-state index >= 15 is 0 Å². The molecule has 0 heterocycles. The fourth-order valence-corrected chi connectivity index (χ4v) is 9.08. The second-order valence-corrected chi connectivity index (χ2v) is 12.2. The fraction of sp³-hybridized carbons (Fsp3) is 0.957. The fourth-order valence-electron chi connectivity index (χ4n) is 8.56. The molecule has 0 bridgehead atoms. The molecule has 0 radical (unpaired) electrons. The van der Waals surface area contributed by atoms with Crippen LogP contribution in [0, 0.1) is 40.4 Å². The lowest BCUT2D eigenvalue weighted by molar-refractivity contribution is -0.137. The molecule has 4 aliphatic rings. The van der Waals surface area contributed by atoms with Crippen molar-refractivity contribution in [2.24, 2.45) is 40.4 Å². The Balaban J connectivity index is 1.44. The van der Waals surface area contributed by atoms with E-state index in [0.29, 0.717) is 29.6 Å². The molecule has 0 aromatic heterocycles. The van der Waals surface area contributed by atoms with Gasteiger partial charge in [-0.25, -0.2) is 4.18 Å². The summed E-state index contributed by atoms with van der Waals surface area (Å²) in [7, 11) is -4.38. The predicted octanol–water partition coefficient (Wildman–Crippen LogP) is 5.09. The average molecular weight is 443 g/mol. The van der Waals surface area contributed by atoms with Crippen molar-refractivity contribution in [1.29, 1.82) is 0 Å². The Morgan fingerprint density at radius 2 is 1.70 bits per heavy atom. The minimum Gasteiger partial charge on any atom is -0.481 e. The SMILES string of the molecule is C[C@]12CC[C@H]3[C@@H](CCC4C[C@H](OS(=O)(=O)O)CC[C@@]43C)[C@@H]1CC[C@@H]2CCCC(=O)O. The number of hydrogen-bond donors (Lipinski definition) is 2. The second kappa shape index (κ2) is 8.04. The lowest BCUT2D eigenvalue weighted by atomic mass is 9.44. The van der Waals surface area contributed by atoms with Crippen LogP contribution in [0.15, 0.2) is 0 Å². The monoisotopic (exact) mass is 442 g/mol. The van der Waals surface area contributed by atoms with E-state index in [1.807, 2.05) is 0 Å². The minimum atomic E-state index is -4.38. The van der Waals surface area contributed by atoms with Gasteiger partial charge in [0, 0.05) is 6.42 Å². The molecule has 30 heavy (non-hydrogen) atoms. The standard InChI is InChI=1S/C23H38O6S/c1-22-13-11-20-18(19(22)9-7-15(22)4-3-5-21(24)25)8-6-16-14-17(29-30(26,27)28)10-12-23(16,20)2/h15-20H,3-14H2,1-2H3,(H,24,25)(H,26,27,28)/t15-,16?,17+,18-,19-,20-,22+,23-/m0/s1. The zero-order chi connectivity index (χ0) is 21.7. The summed E-state index contributed by atoms with van der Waals surface area (Å²) in [5.74, 6) is 2.63. The maximum atomic E-state index is 11.2. The Morgan fingerprint density at radius 3 is 2.40 bits per heavy atom. The van der Waals surface area contributed by atoms with Crippen molar-refractivity contribution in [3.05, 3.63) is 0 Å². The Bertz CT molecular complexity index is 766. The highest BCUT2D eigenvalue weighted by molar-refractivity contribution is 7.80. The van der Waals surface area contributed by atoms with Gasteiger partial charge in [0.2, 0.25) is 0 Å². The van der Waals surface area contributed by atoms with E-state index in [1.54, 1.807) is 0 Å². The number of carboxylic acid groups (broad SMARTS) is 1. The normalized spacial score (nSPS) is 46.0. The van der Waals surface area contributed by atoms with E-state index in [-0.39, 0.29) is 17.9 Å². The summed E-state index contributed by atoms with van der Waals surface area (Å²) in [6, 6.07) is 0. The summed E-state index contributed by atoms with van der Waals surface area (Å²) in [6.45, 7) is 4.91. The van der Waals surface area contributed by atoms with Gasteiger partial charge in [0.1, 0.15) is 0 Å². The molecule has 4 saturated carbocycles. The third kappa shape index (κ3) is 4.06. The smallest absolute Gasteiger partial charge is 0.397 e. The summed E-state index contributed by atoms with van der Waals surface area (Å²) in [6.07, 6.45) is 11.5. The maximum Gasteiger partial charge on any atom is 0.397 e. The quantitative estimate of drug-likeness (QED) is 0.556. The lowest BCUT2D eigenvalue weighted by Crippen LogP contribution is -2.54. The van der Waals surface area contributed by atoms with Crippen LogP contribution < -0.4 is 0 Å². The molecule has 7 heteroatoms. The molecule has 0 saturated heterocycles. The van der Waals surface area contributed by atoms with Crippen molar-refractivity contribution >= 4 is 16.4 Å². The van der Waals surface area contributed by atoms with Crippen LogP contribution in [0.1, 0.15) is 90.9 Å². The Morgan fingerprint density at radius 1 is 1.00 bits per heavy atom. The van der Waals surface area contributed by atoms with Gasteiger partial charge in [-0.3, -0.25) is 9.35 Å². The van der Waals surface area contributed by atoms with Gasteiger partial charge in [-0.15, -0.1) is 0 Å². The molecule has 172 valence electrons. The highest BCUT2D eigenvalue weighted by Gasteiger charge is 2.60. The summed E-state index contributed by atoms with van der Waals surface area (Å²) in [5.41, 5.74) is 0.596. The molecule has 8 atom stereocenters. The summed E-state index contributed by atoms with van der Waals surface area (Å²) >= 11 is 0. The van der Waals surface area contributed by atoms with Gasteiger partial charge in [-0.1, -0.05) is 13.8 Å². The summed E-state index contributed by atoms with van der Waals surface area (Å²) in [4.78, 5) is 10.9. The van der Waals surface area contributed by atoms with Gasteiger partial charge in [0.05, 0.1) is 6.10 Å². The van der Waals surface area contributed by atoms with Crippen LogP contribution in [0.4, 0.5) is 0 Å². The predicted molar refractivity (Wildman–Crippen MR) is 113 cm³/mol. The molecular weight excluding hydrogens is 404 g/mol. The topological polar surface area (TPSA) is 101 Å². The number of rotatable bonds is 6. The minimum absolute atomic E-state index is 0.241. The molecular formula is C23H38O6S. The Kier molecular flexibility index (Phi) is 6.04. The van der Waals surface area contributed by atoms with Crippen LogP contribution in [-0.2, 0) is 19.4 Å². The molecule has 1 unspecified atom stereocenters. The van der Waals surface area contributed by atoms with Gasteiger partial charge in [-0.2, -0.15) is 8.42 Å². The van der Waals surface area contributed by atoms with Gasteiger partial charge >= 0.3 is 16.4 Å². The van der Waals surface area contributed by atoms with Gasteiger partial charge in [0.25, 0.3) is 0 Å². The largest absolute Gasteiger partial charge is 0.481 e. The van der Waals surface area contributed by atoms with Crippen molar-refractivity contribution in [3.8, 4) is 0 Å². The second-order valence-electron chi connectivity index (χ2n) is 11.2. The molecule has 4 fully saturated rings. The first-order valence-electron chi connectivity index (χ1n) is 11.9.